The maximum absolute atomic E-state index is 13.8. The molecule has 0 fully saturated rings. The maximum atomic E-state index is 13.8. The van der Waals surface area contributed by atoms with E-state index in [1.54, 1.807) is 24.1 Å². The van der Waals surface area contributed by atoms with Crippen LogP contribution in [0, 0.1) is 6.92 Å². The molecule has 0 aliphatic rings. The van der Waals surface area contributed by atoms with Crippen LogP contribution in [0.15, 0.2) is 66.9 Å². The summed E-state index contributed by atoms with van der Waals surface area (Å²) in [7, 11) is 6.43. The summed E-state index contributed by atoms with van der Waals surface area (Å²) in [5, 5.41) is 1.08. The van der Waals surface area contributed by atoms with Gasteiger partial charge in [0.25, 0.3) is 5.91 Å². The zero-order valence-electron chi connectivity index (χ0n) is 19.5. The molecule has 0 bridgehead atoms. The summed E-state index contributed by atoms with van der Waals surface area (Å²) in [6.45, 7) is 2.05. The molecule has 0 saturated heterocycles. The fourth-order valence-electron chi connectivity index (χ4n) is 4.21. The molecule has 0 aliphatic carbocycles. The molecule has 3 aromatic carbocycles. The number of methoxy groups -OCH3 is 3. The first kappa shape index (κ1) is 22.3. The van der Waals surface area contributed by atoms with Gasteiger partial charge < -0.3 is 24.1 Å². The summed E-state index contributed by atoms with van der Waals surface area (Å²) in [5.41, 5.74) is 4.68. The van der Waals surface area contributed by atoms with Crippen LogP contribution in [0.1, 0.15) is 33.1 Å². The number of aromatic nitrogens is 1. The van der Waals surface area contributed by atoms with Crippen molar-refractivity contribution < 1.29 is 19.0 Å². The molecular weight excluding hydrogens is 416 g/mol. The zero-order valence-corrected chi connectivity index (χ0v) is 19.5. The molecule has 170 valence electrons. The smallest absolute Gasteiger partial charge is 0.254 e. The normalized spacial score (nSPS) is 11.8. The monoisotopic (exact) mass is 444 g/mol. The van der Waals surface area contributed by atoms with E-state index in [9.17, 15) is 4.79 Å². The predicted octanol–water partition coefficient (Wildman–Crippen LogP) is 5.36. The number of ether oxygens (including phenoxy) is 3. The van der Waals surface area contributed by atoms with E-state index < -0.39 is 0 Å². The van der Waals surface area contributed by atoms with E-state index >= 15 is 0 Å². The van der Waals surface area contributed by atoms with Crippen LogP contribution in [0.2, 0.25) is 0 Å². The minimum absolute atomic E-state index is 0.162. The summed E-state index contributed by atoms with van der Waals surface area (Å²) < 4.78 is 16.3. The van der Waals surface area contributed by atoms with Gasteiger partial charge in [-0.3, -0.25) is 4.79 Å². The van der Waals surface area contributed by atoms with Crippen molar-refractivity contribution >= 4 is 16.8 Å². The molecule has 0 aliphatic heterocycles. The highest BCUT2D eigenvalue weighted by atomic mass is 16.5. The molecule has 4 aromatic rings. The van der Waals surface area contributed by atoms with Crippen LogP contribution in [0.3, 0.4) is 0 Å². The van der Waals surface area contributed by atoms with Crippen molar-refractivity contribution in [3.63, 3.8) is 0 Å². The number of amides is 1. The van der Waals surface area contributed by atoms with Crippen LogP contribution in [-0.2, 0) is 0 Å². The van der Waals surface area contributed by atoms with Gasteiger partial charge in [-0.2, -0.15) is 0 Å². The molecule has 6 nitrogen and oxygen atoms in total. The molecule has 1 aromatic heterocycles. The molecule has 1 atom stereocenters. The van der Waals surface area contributed by atoms with Gasteiger partial charge in [-0.15, -0.1) is 0 Å². The Kier molecular flexibility index (Phi) is 6.27. The SMILES string of the molecule is COc1cc(C(=O)N(C)C(c2ccc(C)cc2)c2c[nH]c3ccccc23)cc(OC)c1OC. The number of carbonyl (C=O) groups is 1. The number of para-hydroxylation sites is 1. The standard InChI is InChI=1S/C27H28N2O4/c1-17-10-12-18(13-11-17)25(21-16-28-22-9-7-6-8-20(21)22)29(2)27(30)19-14-23(31-3)26(33-5)24(15-19)32-4/h6-16,25,28H,1-5H3. The summed E-state index contributed by atoms with van der Waals surface area (Å²) >= 11 is 0. The Morgan fingerprint density at radius 2 is 1.55 bits per heavy atom. The van der Waals surface area contributed by atoms with Crippen LogP contribution in [0.4, 0.5) is 0 Å². The third-order valence-corrected chi connectivity index (χ3v) is 5.93. The number of benzene rings is 3. The molecule has 0 spiro atoms. The zero-order chi connectivity index (χ0) is 23.5. The molecule has 1 heterocycles. The van der Waals surface area contributed by atoms with Crippen LogP contribution >= 0.6 is 0 Å². The molecule has 0 saturated carbocycles. The number of H-pyrrole nitrogens is 1. The predicted molar refractivity (Wildman–Crippen MR) is 130 cm³/mol. The average molecular weight is 445 g/mol. The van der Waals surface area contributed by atoms with Crippen LogP contribution < -0.4 is 14.2 Å². The van der Waals surface area contributed by atoms with Crippen molar-refractivity contribution in [3.05, 3.63) is 89.1 Å². The quantitative estimate of drug-likeness (QED) is 0.417. The number of rotatable bonds is 7. The second kappa shape index (κ2) is 9.28. The Hall–Kier alpha value is -3.93. The third kappa shape index (κ3) is 4.12. The van der Waals surface area contributed by atoms with Gasteiger partial charge in [0.2, 0.25) is 5.75 Å². The largest absolute Gasteiger partial charge is 0.493 e. The second-order valence-corrected chi connectivity index (χ2v) is 7.93. The Labute approximate surface area is 193 Å². The van der Waals surface area contributed by atoms with Gasteiger partial charge in [0, 0.05) is 35.3 Å². The minimum Gasteiger partial charge on any atom is -0.493 e. The maximum Gasteiger partial charge on any atom is 0.254 e. The number of hydrogen-bond donors (Lipinski definition) is 1. The van der Waals surface area contributed by atoms with Crippen LogP contribution in [0.25, 0.3) is 10.9 Å². The van der Waals surface area contributed by atoms with E-state index in [4.69, 9.17) is 14.2 Å². The molecule has 6 heteroatoms. The van der Waals surface area contributed by atoms with Crippen LogP contribution in [0.5, 0.6) is 17.2 Å². The van der Waals surface area contributed by atoms with Gasteiger partial charge >= 0.3 is 0 Å². The summed E-state index contributed by atoms with van der Waals surface area (Å²) in [5.74, 6) is 1.16. The Morgan fingerprint density at radius 3 is 2.15 bits per heavy atom. The molecule has 1 amide bonds. The van der Waals surface area contributed by atoms with Gasteiger partial charge in [-0.05, 0) is 30.7 Å². The Morgan fingerprint density at radius 1 is 0.909 bits per heavy atom. The highest BCUT2D eigenvalue weighted by molar-refractivity contribution is 5.96. The van der Waals surface area contributed by atoms with E-state index in [0.717, 1.165) is 27.6 Å². The van der Waals surface area contributed by atoms with E-state index in [1.165, 1.54) is 14.2 Å². The molecule has 33 heavy (non-hydrogen) atoms. The Bertz CT molecular complexity index is 1250. The van der Waals surface area contributed by atoms with E-state index in [-0.39, 0.29) is 11.9 Å². The summed E-state index contributed by atoms with van der Waals surface area (Å²) in [6, 6.07) is 19.4. The van der Waals surface area contributed by atoms with E-state index in [0.29, 0.717) is 22.8 Å². The van der Waals surface area contributed by atoms with Gasteiger partial charge in [-0.25, -0.2) is 0 Å². The first-order chi connectivity index (χ1) is 16.0. The lowest BCUT2D eigenvalue weighted by atomic mass is 9.95. The lowest BCUT2D eigenvalue weighted by Crippen LogP contribution is -2.32. The number of hydrogen-bond acceptors (Lipinski definition) is 4. The average Bonchev–Trinajstić information content (AvgIpc) is 3.27. The molecule has 0 radical (unpaired) electrons. The van der Waals surface area contributed by atoms with Gasteiger partial charge in [0.1, 0.15) is 0 Å². The minimum atomic E-state index is -0.298. The third-order valence-electron chi connectivity index (χ3n) is 5.93. The topological polar surface area (TPSA) is 63.8 Å². The molecule has 1 N–H and O–H groups in total. The summed E-state index contributed by atoms with van der Waals surface area (Å²) in [6.07, 6.45) is 1.98. The van der Waals surface area contributed by atoms with Crippen molar-refractivity contribution in [1.82, 2.24) is 9.88 Å². The number of aryl methyl sites for hydroxylation is 1. The van der Waals surface area contributed by atoms with Crippen molar-refractivity contribution in [2.75, 3.05) is 28.4 Å². The number of fused-ring (bicyclic) bond motifs is 1. The fourth-order valence-corrected chi connectivity index (χ4v) is 4.21. The second-order valence-electron chi connectivity index (χ2n) is 7.93. The fraction of sp³-hybridized carbons (Fsp3) is 0.222. The van der Waals surface area contributed by atoms with Crippen molar-refractivity contribution in [2.45, 2.75) is 13.0 Å². The highest BCUT2D eigenvalue weighted by Crippen LogP contribution is 2.40. The molecule has 1 unspecified atom stereocenters. The van der Waals surface area contributed by atoms with Gasteiger partial charge in [0.05, 0.1) is 27.4 Å². The van der Waals surface area contributed by atoms with Crippen LogP contribution in [-0.4, -0.2) is 44.2 Å². The highest BCUT2D eigenvalue weighted by Gasteiger charge is 2.28. The Balaban J connectivity index is 1.83. The molecule has 4 rings (SSSR count). The lowest BCUT2D eigenvalue weighted by Gasteiger charge is -2.29. The van der Waals surface area contributed by atoms with E-state index in [1.807, 2.05) is 31.4 Å². The number of carbonyl (C=O) groups excluding carboxylic acids is 1. The van der Waals surface area contributed by atoms with E-state index in [2.05, 4.69) is 42.2 Å². The number of nitrogens with one attached hydrogen (secondary N) is 1. The number of nitrogens with zero attached hydrogens (tertiary/aromatic N) is 1. The summed E-state index contributed by atoms with van der Waals surface area (Å²) in [4.78, 5) is 18.8. The van der Waals surface area contributed by atoms with Gasteiger partial charge in [0.15, 0.2) is 11.5 Å². The van der Waals surface area contributed by atoms with Gasteiger partial charge in [-0.1, -0.05) is 48.0 Å². The lowest BCUT2D eigenvalue weighted by molar-refractivity contribution is 0.0755. The molecular formula is C27H28N2O4. The first-order valence-electron chi connectivity index (χ1n) is 10.7. The van der Waals surface area contributed by atoms with Crippen molar-refractivity contribution in [1.29, 1.82) is 0 Å². The van der Waals surface area contributed by atoms with Crippen molar-refractivity contribution in [2.24, 2.45) is 0 Å². The first-order valence-corrected chi connectivity index (χ1v) is 10.7. The van der Waals surface area contributed by atoms with Crippen molar-refractivity contribution in [3.8, 4) is 17.2 Å². The number of aromatic amines is 1.